The van der Waals surface area contributed by atoms with Gasteiger partial charge in [0, 0.05) is 18.8 Å². The van der Waals surface area contributed by atoms with Crippen molar-refractivity contribution in [3.63, 3.8) is 0 Å². The molecule has 1 amide bonds. The average Bonchev–Trinajstić information content (AvgIpc) is 2.47. The molecule has 1 aromatic rings. The highest BCUT2D eigenvalue weighted by Crippen LogP contribution is 2.22. The first-order valence-corrected chi connectivity index (χ1v) is 6.96. The van der Waals surface area contributed by atoms with Crippen molar-refractivity contribution < 1.29 is 19.0 Å². The lowest BCUT2D eigenvalue weighted by atomic mass is 10.2. The molecule has 2 N–H and O–H groups in total. The van der Waals surface area contributed by atoms with Crippen LogP contribution in [0.1, 0.15) is 13.8 Å². The molecule has 0 saturated carbocycles. The zero-order valence-corrected chi connectivity index (χ0v) is 12.6. The smallest absolute Gasteiger partial charge is 0.257 e. The van der Waals surface area contributed by atoms with Crippen LogP contribution < -0.4 is 15.4 Å². The molecular formula is C15H22N2O4. The number of rotatable bonds is 5. The van der Waals surface area contributed by atoms with Crippen molar-refractivity contribution >= 4 is 11.6 Å². The highest BCUT2D eigenvalue weighted by molar-refractivity contribution is 5.77. The number of hydrogen-bond donors (Lipinski definition) is 2. The zero-order valence-electron chi connectivity index (χ0n) is 12.6. The Kier molecular flexibility index (Phi) is 5.03. The minimum absolute atomic E-state index is 0.00376. The summed E-state index contributed by atoms with van der Waals surface area (Å²) in [5.41, 5.74) is 0.904. The van der Waals surface area contributed by atoms with Crippen LogP contribution in [0.25, 0.3) is 0 Å². The summed E-state index contributed by atoms with van der Waals surface area (Å²) in [6.45, 7) is 4.96. The number of hydrogen-bond acceptors (Lipinski definition) is 5. The molecule has 116 valence electrons. The zero-order chi connectivity index (χ0) is 15.3. The van der Waals surface area contributed by atoms with Crippen LogP contribution in [-0.2, 0) is 14.3 Å². The Balaban J connectivity index is 1.88. The molecule has 6 heteroatoms. The molecule has 0 bridgehead atoms. The third kappa shape index (κ3) is 4.91. The molecule has 1 aromatic carbocycles. The summed E-state index contributed by atoms with van der Waals surface area (Å²) in [6, 6.07) is 7.56. The molecule has 1 aliphatic rings. The summed E-state index contributed by atoms with van der Waals surface area (Å²) in [4.78, 5) is 11.2. The monoisotopic (exact) mass is 294 g/mol. The van der Waals surface area contributed by atoms with Crippen LogP contribution in [0.5, 0.6) is 5.75 Å². The molecular weight excluding hydrogens is 272 g/mol. The van der Waals surface area contributed by atoms with Crippen molar-refractivity contribution in [2.75, 3.05) is 32.2 Å². The van der Waals surface area contributed by atoms with E-state index in [0.29, 0.717) is 19.0 Å². The van der Waals surface area contributed by atoms with Gasteiger partial charge in [0.05, 0.1) is 19.3 Å². The second-order valence-corrected chi connectivity index (χ2v) is 5.35. The molecule has 1 aliphatic heterocycles. The topological polar surface area (TPSA) is 68.8 Å². The number of carbonyl (C=O) groups excluding carboxylic acids is 1. The largest absolute Gasteiger partial charge is 0.484 e. The van der Waals surface area contributed by atoms with E-state index in [2.05, 4.69) is 10.6 Å². The Labute approximate surface area is 124 Å². The fraction of sp³-hybridized carbons (Fsp3) is 0.533. The molecule has 0 aliphatic carbocycles. The summed E-state index contributed by atoms with van der Waals surface area (Å²) in [7, 11) is 1.58. The van der Waals surface area contributed by atoms with Gasteiger partial charge in [0.25, 0.3) is 5.91 Å². The Hall–Kier alpha value is -1.79. The third-order valence-corrected chi connectivity index (χ3v) is 3.12. The number of benzene rings is 1. The molecule has 21 heavy (non-hydrogen) atoms. The maximum Gasteiger partial charge on any atom is 0.257 e. The SMILES string of the molecule is CNC(=O)COc1cccc(NC2COC(C)(C)OC2)c1. The van der Waals surface area contributed by atoms with E-state index in [9.17, 15) is 4.79 Å². The number of nitrogens with one attached hydrogen (secondary N) is 2. The Morgan fingerprint density at radius 1 is 1.38 bits per heavy atom. The highest BCUT2D eigenvalue weighted by atomic mass is 16.7. The number of amides is 1. The number of likely N-dealkylation sites (N-methyl/N-ethyl adjacent to an activating group) is 1. The summed E-state index contributed by atoms with van der Waals surface area (Å²) < 4.78 is 16.6. The van der Waals surface area contributed by atoms with E-state index in [1.165, 1.54) is 0 Å². The maximum atomic E-state index is 11.2. The van der Waals surface area contributed by atoms with E-state index in [-0.39, 0.29) is 18.6 Å². The third-order valence-electron chi connectivity index (χ3n) is 3.12. The summed E-state index contributed by atoms with van der Waals surface area (Å²) in [5.74, 6) is -0.0392. The lowest BCUT2D eigenvalue weighted by molar-refractivity contribution is -0.247. The van der Waals surface area contributed by atoms with Crippen molar-refractivity contribution in [3.8, 4) is 5.75 Å². The number of carbonyl (C=O) groups is 1. The summed E-state index contributed by atoms with van der Waals surface area (Å²) in [6.07, 6.45) is 0. The van der Waals surface area contributed by atoms with Crippen molar-refractivity contribution in [2.45, 2.75) is 25.7 Å². The van der Waals surface area contributed by atoms with Gasteiger partial charge in [-0.05, 0) is 26.0 Å². The van der Waals surface area contributed by atoms with Crippen LogP contribution in [0.2, 0.25) is 0 Å². The van der Waals surface area contributed by atoms with Gasteiger partial charge in [-0.3, -0.25) is 4.79 Å². The van der Waals surface area contributed by atoms with Gasteiger partial charge in [-0.15, -0.1) is 0 Å². The van der Waals surface area contributed by atoms with Crippen LogP contribution in [0.3, 0.4) is 0 Å². The van der Waals surface area contributed by atoms with E-state index in [0.717, 1.165) is 5.69 Å². The van der Waals surface area contributed by atoms with Crippen LogP contribution in [0, 0.1) is 0 Å². The van der Waals surface area contributed by atoms with Crippen molar-refractivity contribution in [3.05, 3.63) is 24.3 Å². The van der Waals surface area contributed by atoms with Crippen LogP contribution in [0.15, 0.2) is 24.3 Å². The Morgan fingerprint density at radius 2 is 2.10 bits per heavy atom. The van der Waals surface area contributed by atoms with Crippen molar-refractivity contribution in [1.29, 1.82) is 0 Å². The first-order chi connectivity index (χ1) is 9.98. The van der Waals surface area contributed by atoms with Gasteiger partial charge in [0.1, 0.15) is 5.75 Å². The minimum atomic E-state index is -0.517. The lowest BCUT2D eigenvalue weighted by Gasteiger charge is -2.35. The van der Waals surface area contributed by atoms with Gasteiger partial charge in [0.15, 0.2) is 12.4 Å². The second-order valence-electron chi connectivity index (χ2n) is 5.35. The predicted octanol–water partition coefficient (Wildman–Crippen LogP) is 1.37. The molecule has 2 rings (SSSR count). The minimum Gasteiger partial charge on any atom is -0.484 e. The van der Waals surface area contributed by atoms with Crippen LogP contribution in [0.4, 0.5) is 5.69 Å². The van der Waals surface area contributed by atoms with Gasteiger partial charge < -0.3 is 24.8 Å². The standard InChI is InChI=1S/C15H22N2O4/c1-15(2)20-8-12(9-21-15)17-11-5-4-6-13(7-11)19-10-14(18)16-3/h4-7,12,17H,8-10H2,1-3H3,(H,16,18). The van der Waals surface area contributed by atoms with Gasteiger partial charge >= 0.3 is 0 Å². The molecule has 0 unspecified atom stereocenters. The lowest BCUT2D eigenvalue weighted by Crippen LogP contribution is -2.45. The first-order valence-electron chi connectivity index (χ1n) is 6.96. The second kappa shape index (κ2) is 6.78. The normalized spacial score (nSPS) is 18.0. The van der Waals surface area contributed by atoms with Crippen molar-refractivity contribution in [2.24, 2.45) is 0 Å². The number of anilines is 1. The molecule has 1 saturated heterocycles. The predicted molar refractivity (Wildman–Crippen MR) is 79.4 cm³/mol. The average molecular weight is 294 g/mol. The fourth-order valence-electron chi connectivity index (χ4n) is 1.91. The van der Waals surface area contributed by atoms with E-state index >= 15 is 0 Å². The molecule has 0 aromatic heterocycles. The molecule has 1 heterocycles. The molecule has 0 atom stereocenters. The number of ether oxygens (including phenoxy) is 3. The van der Waals surface area contributed by atoms with Gasteiger partial charge in [-0.2, -0.15) is 0 Å². The molecule has 6 nitrogen and oxygen atoms in total. The van der Waals surface area contributed by atoms with Crippen LogP contribution in [-0.4, -0.2) is 44.6 Å². The quantitative estimate of drug-likeness (QED) is 0.858. The Morgan fingerprint density at radius 3 is 2.76 bits per heavy atom. The maximum absolute atomic E-state index is 11.2. The molecule has 1 fully saturated rings. The highest BCUT2D eigenvalue weighted by Gasteiger charge is 2.28. The van der Waals surface area contributed by atoms with Gasteiger partial charge in [-0.1, -0.05) is 6.07 Å². The summed E-state index contributed by atoms with van der Waals surface area (Å²) in [5, 5.41) is 5.84. The Bertz CT molecular complexity index is 480. The molecule has 0 spiro atoms. The van der Waals surface area contributed by atoms with E-state index < -0.39 is 5.79 Å². The summed E-state index contributed by atoms with van der Waals surface area (Å²) >= 11 is 0. The first kappa shape index (κ1) is 15.6. The molecule has 0 radical (unpaired) electrons. The van der Waals surface area contributed by atoms with Crippen molar-refractivity contribution in [1.82, 2.24) is 5.32 Å². The van der Waals surface area contributed by atoms with Gasteiger partial charge in [-0.25, -0.2) is 0 Å². The fourth-order valence-corrected chi connectivity index (χ4v) is 1.91. The van der Waals surface area contributed by atoms with E-state index in [4.69, 9.17) is 14.2 Å². The van der Waals surface area contributed by atoms with E-state index in [1.807, 2.05) is 38.1 Å². The van der Waals surface area contributed by atoms with Crippen LogP contribution >= 0.6 is 0 Å². The van der Waals surface area contributed by atoms with Gasteiger partial charge in [0.2, 0.25) is 0 Å². The van der Waals surface area contributed by atoms with E-state index in [1.54, 1.807) is 7.05 Å².